The summed E-state index contributed by atoms with van der Waals surface area (Å²) in [5.41, 5.74) is 0.765. The molecule has 0 N–H and O–H groups in total. The predicted octanol–water partition coefficient (Wildman–Crippen LogP) is 3.32. The van der Waals surface area contributed by atoms with E-state index in [2.05, 4.69) is 0 Å². The third-order valence-corrected chi connectivity index (χ3v) is 3.29. The number of ether oxygens (including phenoxy) is 1. The van der Waals surface area contributed by atoms with Crippen LogP contribution in [0.2, 0.25) is 0 Å². The van der Waals surface area contributed by atoms with Gasteiger partial charge in [-0.1, -0.05) is 19.1 Å². The van der Waals surface area contributed by atoms with Crippen LogP contribution in [0, 0.1) is 0 Å². The van der Waals surface area contributed by atoms with Gasteiger partial charge < -0.3 is 4.74 Å². The van der Waals surface area contributed by atoms with E-state index in [1.807, 2.05) is 31.2 Å². The normalized spacial score (nSPS) is 10.1. The van der Waals surface area contributed by atoms with Crippen LogP contribution in [0.3, 0.4) is 0 Å². The summed E-state index contributed by atoms with van der Waals surface area (Å²) in [7, 11) is 0. The molecule has 1 aromatic carbocycles. The molecular formula is C14H18O3S. The molecule has 0 aromatic heterocycles. The minimum absolute atomic E-state index is 0.189. The minimum atomic E-state index is -0.254. The van der Waals surface area contributed by atoms with Crippen molar-refractivity contribution in [2.75, 3.05) is 12.4 Å². The first kappa shape index (κ1) is 14.8. The van der Waals surface area contributed by atoms with Crippen LogP contribution >= 0.6 is 11.8 Å². The van der Waals surface area contributed by atoms with Crippen LogP contribution in [-0.4, -0.2) is 24.1 Å². The van der Waals surface area contributed by atoms with Crippen molar-refractivity contribution in [2.45, 2.75) is 31.6 Å². The molecule has 0 spiro atoms. The second-order valence-corrected chi connectivity index (χ2v) is 5.05. The number of thioether (sulfide) groups is 1. The van der Waals surface area contributed by atoms with Gasteiger partial charge in [0.2, 0.25) is 0 Å². The number of esters is 1. The van der Waals surface area contributed by atoms with Crippen LogP contribution in [0.15, 0.2) is 29.2 Å². The molecule has 0 amide bonds. The van der Waals surface area contributed by atoms with E-state index in [0.717, 1.165) is 22.6 Å². The lowest BCUT2D eigenvalue weighted by Crippen LogP contribution is -2.02. The Morgan fingerprint density at radius 2 is 1.89 bits per heavy atom. The Balaban J connectivity index is 2.40. The number of rotatable bonds is 7. The van der Waals surface area contributed by atoms with Crippen molar-refractivity contribution in [2.24, 2.45) is 0 Å². The molecule has 0 heterocycles. The Morgan fingerprint density at radius 1 is 1.22 bits per heavy atom. The van der Waals surface area contributed by atoms with Gasteiger partial charge >= 0.3 is 5.97 Å². The van der Waals surface area contributed by atoms with E-state index in [4.69, 9.17) is 4.74 Å². The molecule has 0 atom stereocenters. The predicted molar refractivity (Wildman–Crippen MR) is 73.0 cm³/mol. The highest BCUT2D eigenvalue weighted by Crippen LogP contribution is 2.19. The Bertz CT molecular complexity index is 398. The monoisotopic (exact) mass is 266 g/mol. The molecule has 0 fully saturated rings. The molecule has 0 saturated carbocycles. The molecule has 1 rings (SSSR count). The molecule has 0 aliphatic carbocycles. The van der Waals surface area contributed by atoms with Crippen molar-refractivity contribution in [1.29, 1.82) is 0 Å². The van der Waals surface area contributed by atoms with E-state index in [9.17, 15) is 9.59 Å². The van der Waals surface area contributed by atoms with Crippen molar-refractivity contribution in [3.63, 3.8) is 0 Å². The number of hydrogen-bond acceptors (Lipinski definition) is 4. The lowest BCUT2D eigenvalue weighted by atomic mass is 10.1. The van der Waals surface area contributed by atoms with E-state index < -0.39 is 0 Å². The summed E-state index contributed by atoms with van der Waals surface area (Å²) in [4.78, 5) is 23.3. The molecule has 0 saturated heterocycles. The zero-order valence-electron chi connectivity index (χ0n) is 10.8. The van der Waals surface area contributed by atoms with Gasteiger partial charge in [0.05, 0.1) is 0 Å². The smallest absolute Gasteiger partial charge is 0.302 e. The summed E-state index contributed by atoms with van der Waals surface area (Å²) >= 11 is 1.61. The highest BCUT2D eigenvalue weighted by Gasteiger charge is 2.04. The second kappa shape index (κ2) is 7.93. The average Bonchev–Trinajstić information content (AvgIpc) is 2.35. The maximum absolute atomic E-state index is 11.6. The van der Waals surface area contributed by atoms with Crippen LogP contribution in [0.5, 0.6) is 0 Å². The molecule has 0 unspecified atom stereocenters. The summed E-state index contributed by atoms with van der Waals surface area (Å²) < 4.78 is 4.84. The molecule has 3 nitrogen and oxygen atoms in total. The van der Waals surface area contributed by atoms with Crippen LogP contribution in [0.1, 0.15) is 37.0 Å². The molecule has 18 heavy (non-hydrogen) atoms. The van der Waals surface area contributed by atoms with Gasteiger partial charge in [0.15, 0.2) is 5.78 Å². The van der Waals surface area contributed by atoms with E-state index in [-0.39, 0.29) is 11.8 Å². The van der Waals surface area contributed by atoms with Crippen molar-refractivity contribution < 1.29 is 14.3 Å². The lowest BCUT2D eigenvalue weighted by Gasteiger charge is -2.04. The van der Waals surface area contributed by atoms with Crippen molar-refractivity contribution >= 4 is 23.5 Å². The fraction of sp³-hybridized carbons (Fsp3) is 0.429. The van der Waals surface area contributed by atoms with Gasteiger partial charge in [-0.05, 0) is 18.6 Å². The number of ketones is 1. The van der Waals surface area contributed by atoms with E-state index in [1.165, 1.54) is 6.92 Å². The maximum Gasteiger partial charge on any atom is 0.302 e. The van der Waals surface area contributed by atoms with Crippen LogP contribution in [0.4, 0.5) is 0 Å². The third-order valence-electron chi connectivity index (χ3n) is 2.31. The van der Waals surface area contributed by atoms with Gasteiger partial charge in [0, 0.05) is 29.6 Å². The first-order valence-corrected chi connectivity index (χ1v) is 7.01. The standard InChI is InChI=1S/C14H18O3S/c1-3-4-14(16)12-5-7-13(8-6-12)18-10-9-17-11(2)15/h5-8H,3-4,9-10H2,1-2H3. The molecule has 1 aromatic rings. The van der Waals surface area contributed by atoms with Crippen LogP contribution in [0.25, 0.3) is 0 Å². The molecule has 98 valence electrons. The summed E-state index contributed by atoms with van der Waals surface area (Å²) in [6, 6.07) is 7.57. The summed E-state index contributed by atoms with van der Waals surface area (Å²) in [6.07, 6.45) is 1.47. The summed E-state index contributed by atoms with van der Waals surface area (Å²) in [5.74, 6) is 0.659. The highest BCUT2D eigenvalue weighted by atomic mass is 32.2. The molecular weight excluding hydrogens is 248 g/mol. The molecule has 0 aliphatic rings. The highest BCUT2D eigenvalue weighted by molar-refractivity contribution is 7.99. The minimum Gasteiger partial charge on any atom is -0.465 e. The zero-order valence-corrected chi connectivity index (χ0v) is 11.6. The largest absolute Gasteiger partial charge is 0.465 e. The number of carbonyl (C=O) groups excluding carboxylic acids is 2. The number of carbonyl (C=O) groups is 2. The van der Waals surface area contributed by atoms with Crippen molar-refractivity contribution in [3.8, 4) is 0 Å². The van der Waals surface area contributed by atoms with Gasteiger partial charge in [-0.25, -0.2) is 0 Å². The van der Waals surface area contributed by atoms with Gasteiger partial charge in [-0.3, -0.25) is 9.59 Å². The Hall–Kier alpha value is -1.29. The maximum atomic E-state index is 11.6. The van der Waals surface area contributed by atoms with Gasteiger partial charge in [-0.15, -0.1) is 11.8 Å². The van der Waals surface area contributed by atoms with E-state index >= 15 is 0 Å². The Labute approximate surface area is 112 Å². The molecule has 0 radical (unpaired) electrons. The Morgan fingerprint density at radius 3 is 2.44 bits per heavy atom. The first-order chi connectivity index (χ1) is 8.63. The van der Waals surface area contributed by atoms with Crippen molar-refractivity contribution in [1.82, 2.24) is 0 Å². The molecule has 0 bridgehead atoms. The van der Waals surface area contributed by atoms with Gasteiger partial charge in [0.1, 0.15) is 6.61 Å². The zero-order chi connectivity index (χ0) is 13.4. The fourth-order valence-electron chi connectivity index (χ4n) is 1.45. The fourth-order valence-corrected chi connectivity index (χ4v) is 2.18. The number of Topliss-reactive ketones (excluding diaryl/α,β-unsaturated/α-hetero) is 1. The van der Waals surface area contributed by atoms with Crippen molar-refractivity contribution in [3.05, 3.63) is 29.8 Å². The summed E-state index contributed by atoms with van der Waals surface area (Å²) in [5, 5.41) is 0. The summed E-state index contributed by atoms with van der Waals surface area (Å²) in [6.45, 7) is 3.81. The lowest BCUT2D eigenvalue weighted by molar-refractivity contribution is -0.140. The average molecular weight is 266 g/mol. The molecule has 4 heteroatoms. The van der Waals surface area contributed by atoms with Crippen LogP contribution < -0.4 is 0 Å². The van der Waals surface area contributed by atoms with Gasteiger partial charge in [0.25, 0.3) is 0 Å². The molecule has 0 aliphatic heterocycles. The second-order valence-electron chi connectivity index (χ2n) is 3.89. The quantitative estimate of drug-likeness (QED) is 0.328. The number of hydrogen-bond donors (Lipinski definition) is 0. The van der Waals surface area contributed by atoms with Gasteiger partial charge in [-0.2, -0.15) is 0 Å². The van der Waals surface area contributed by atoms with E-state index in [0.29, 0.717) is 13.0 Å². The van der Waals surface area contributed by atoms with Crippen LogP contribution in [-0.2, 0) is 9.53 Å². The third kappa shape index (κ3) is 5.36. The topological polar surface area (TPSA) is 43.4 Å². The van der Waals surface area contributed by atoms with E-state index in [1.54, 1.807) is 11.8 Å². The SMILES string of the molecule is CCCC(=O)c1ccc(SCCOC(C)=O)cc1. The Kier molecular flexibility index (Phi) is 6.50. The first-order valence-electron chi connectivity index (χ1n) is 6.03. The number of benzene rings is 1.